The molecule has 0 amide bonds. The highest BCUT2D eigenvalue weighted by Crippen LogP contribution is 2.26. The molecule has 1 aromatic heterocycles. The number of nitrogens with zero attached hydrogens (tertiary/aromatic N) is 2. The highest BCUT2D eigenvalue weighted by Gasteiger charge is 2.34. The zero-order valence-corrected chi connectivity index (χ0v) is 10.4. The van der Waals surface area contributed by atoms with Crippen LogP contribution < -0.4 is 0 Å². The fourth-order valence-electron chi connectivity index (χ4n) is 2.10. The summed E-state index contributed by atoms with van der Waals surface area (Å²) in [4.78, 5) is 0. The second-order valence-corrected chi connectivity index (χ2v) is 6.39. The van der Waals surface area contributed by atoms with E-state index < -0.39 is 10.0 Å². The molecule has 0 saturated carbocycles. The van der Waals surface area contributed by atoms with E-state index in [0.29, 0.717) is 12.5 Å². The molecule has 1 aliphatic rings. The smallest absolute Gasteiger partial charge is 0.260 e. The molecule has 1 saturated heterocycles. The van der Waals surface area contributed by atoms with Crippen LogP contribution in [0.25, 0.3) is 0 Å². The first-order chi connectivity index (χ1) is 7.51. The zero-order chi connectivity index (χ0) is 11.8. The Morgan fingerprint density at radius 1 is 1.44 bits per heavy atom. The van der Waals surface area contributed by atoms with Gasteiger partial charge in [-0.2, -0.15) is 9.40 Å². The maximum absolute atomic E-state index is 12.3. The molecule has 0 radical (unpaired) electrons. The average Bonchev–Trinajstić information content (AvgIpc) is 2.75. The number of nitrogens with one attached hydrogen (secondary N) is 1. The normalized spacial score (nSPS) is 28.1. The molecule has 2 rings (SSSR count). The van der Waals surface area contributed by atoms with Gasteiger partial charge in [0, 0.05) is 12.6 Å². The van der Waals surface area contributed by atoms with Crippen LogP contribution in [-0.4, -0.2) is 35.5 Å². The summed E-state index contributed by atoms with van der Waals surface area (Å²) < 4.78 is 26.1. The van der Waals surface area contributed by atoms with Crippen LogP contribution in [0.3, 0.4) is 0 Å². The Hall–Kier alpha value is -0.880. The van der Waals surface area contributed by atoms with Gasteiger partial charge in [0.1, 0.15) is 0 Å². The van der Waals surface area contributed by atoms with E-state index in [1.807, 2.05) is 6.92 Å². The first-order valence-electron chi connectivity index (χ1n) is 5.53. The summed E-state index contributed by atoms with van der Waals surface area (Å²) in [7, 11) is -3.39. The topological polar surface area (TPSA) is 66.1 Å². The van der Waals surface area contributed by atoms with Crippen molar-refractivity contribution in [2.75, 3.05) is 6.54 Å². The van der Waals surface area contributed by atoms with Crippen molar-refractivity contribution in [2.24, 2.45) is 5.92 Å². The van der Waals surface area contributed by atoms with Crippen LogP contribution >= 0.6 is 0 Å². The van der Waals surface area contributed by atoms with Crippen molar-refractivity contribution < 1.29 is 8.42 Å². The minimum Gasteiger partial charge on any atom is -0.266 e. The number of hydrogen-bond acceptors (Lipinski definition) is 3. The van der Waals surface area contributed by atoms with E-state index in [0.717, 1.165) is 12.8 Å². The molecule has 1 fully saturated rings. The molecular formula is C10H17N3O2S. The predicted octanol–water partition coefficient (Wildman–Crippen LogP) is 1.22. The third kappa shape index (κ3) is 1.99. The Morgan fingerprint density at radius 2 is 2.19 bits per heavy atom. The first kappa shape index (κ1) is 11.6. The minimum absolute atomic E-state index is 0.0736. The van der Waals surface area contributed by atoms with Gasteiger partial charge in [-0.15, -0.1) is 0 Å². The second-order valence-electron chi connectivity index (χ2n) is 4.53. The standard InChI is InChI=1S/C10H17N3O2S/c1-8-3-4-9(2)13(7-8)16(14,15)10-5-6-11-12-10/h5-6,8-9H,3-4,7H2,1-2H3,(H,11,12). The van der Waals surface area contributed by atoms with E-state index >= 15 is 0 Å². The van der Waals surface area contributed by atoms with Gasteiger partial charge in [-0.05, 0) is 31.7 Å². The molecule has 1 aromatic rings. The van der Waals surface area contributed by atoms with Gasteiger partial charge in [0.15, 0.2) is 5.03 Å². The number of H-pyrrole nitrogens is 1. The molecule has 2 unspecified atom stereocenters. The molecule has 16 heavy (non-hydrogen) atoms. The summed E-state index contributed by atoms with van der Waals surface area (Å²) in [5, 5.41) is 6.42. The number of piperidine rings is 1. The van der Waals surface area contributed by atoms with Gasteiger partial charge in [0.25, 0.3) is 10.0 Å². The summed E-state index contributed by atoms with van der Waals surface area (Å²) >= 11 is 0. The van der Waals surface area contributed by atoms with Gasteiger partial charge >= 0.3 is 0 Å². The highest BCUT2D eigenvalue weighted by atomic mass is 32.2. The van der Waals surface area contributed by atoms with Gasteiger partial charge in [-0.1, -0.05) is 6.92 Å². The Bertz CT molecular complexity index is 441. The van der Waals surface area contributed by atoms with Crippen molar-refractivity contribution >= 4 is 10.0 Å². The van der Waals surface area contributed by atoms with Crippen molar-refractivity contribution in [1.29, 1.82) is 0 Å². The number of sulfonamides is 1. The van der Waals surface area contributed by atoms with E-state index in [-0.39, 0.29) is 11.1 Å². The van der Waals surface area contributed by atoms with Crippen molar-refractivity contribution in [1.82, 2.24) is 14.5 Å². The molecule has 1 N–H and O–H groups in total. The highest BCUT2D eigenvalue weighted by molar-refractivity contribution is 7.89. The molecule has 0 bridgehead atoms. The van der Waals surface area contributed by atoms with E-state index in [1.165, 1.54) is 12.3 Å². The van der Waals surface area contributed by atoms with Gasteiger partial charge in [0.05, 0.1) is 6.20 Å². The quantitative estimate of drug-likeness (QED) is 0.849. The number of aromatic amines is 1. The second kappa shape index (κ2) is 4.18. The van der Waals surface area contributed by atoms with Crippen LogP contribution in [0.2, 0.25) is 0 Å². The Morgan fingerprint density at radius 3 is 2.81 bits per heavy atom. The molecule has 5 nitrogen and oxygen atoms in total. The number of rotatable bonds is 2. The molecule has 2 atom stereocenters. The summed E-state index contributed by atoms with van der Waals surface area (Å²) in [5.74, 6) is 0.425. The van der Waals surface area contributed by atoms with Crippen LogP contribution in [0.5, 0.6) is 0 Å². The number of hydrogen-bond donors (Lipinski definition) is 1. The lowest BCUT2D eigenvalue weighted by molar-refractivity contribution is 0.217. The molecule has 6 heteroatoms. The van der Waals surface area contributed by atoms with E-state index in [9.17, 15) is 8.42 Å². The molecule has 0 aromatic carbocycles. The summed E-state index contributed by atoms with van der Waals surface area (Å²) in [5.41, 5.74) is 0. The molecule has 0 spiro atoms. The molecule has 90 valence electrons. The molecular weight excluding hydrogens is 226 g/mol. The Labute approximate surface area is 95.9 Å². The van der Waals surface area contributed by atoms with Crippen molar-refractivity contribution in [3.63, 3.8) is 0 Å². The summed E-state index contributed by atoms with van der Waals surface area (Å²) in [6.07, 6.45) is 3.48. The van der Waals surface area contributed by atoms with Crippen molar-refractivity contribution in [3.05, 3.63) is 12.3 Å². The lowest BCUT2D eigenvalue weighted by Gasteiger charge is -2.35. The van der Waals surface area contributed by atoms with Crippen LogP contribution in [0.4, 0.5) is 0 Å². The van der Waals surface area contributed by atoms with Gasteiger partial charge in [-0.3, -0.25) is 5.10 Å². The molecule has 2 heterocycles. The third-order valence-corrected chi connectivity index (χ3v) is 5.03. The largest absolute Gasteiger partial charge is 0.266 e. The van der Waals surface area contributed by atoms with Crippen LogP contribution in [0.1, 0.15) is 26.7 Å². The van der Waals surface area contributed by atoms with Crippen LogP contribution in [-0.2, 0) is 10.0 Å². The maximum Gasteiger partial charge on any atom is 0.260 e. The lowest BCUT2D eigenvalue weighted by atomic mass is 9.97. The van der Waals surface area contributed by atoms with E-state index in [4.69, 9.17) is 0 Å². The molecule has 1 aliphatic heterocycles. The third-order valence-electron chi connectivity index (χ3n) is 3.12. The zero-order valence-electron chi connectivity index (χ0n) is 9.55. The van der Waals surface area contributed by atoms with E-state index in [2.05, 4.69) is 17.1 Å². The fraction of sp³-hybridized carbons (Fsp3) is 0.700. The maximum atomic E-state index is 12.3. The monoisotopic (exact) mass is 243 g/mol. The van der Waals surface area contributed by atoms with Crippen LogP contribution in [0, 0.1) is 5.92 Å². The lowest BCUT2D eigenvalue weighted by Crippen LogP contribution is -2.44. The Kier molecular flexibility index (Phi) is 3.03. The van der Waals surface area contributed by atoms with Gasteiger partial charge in [-0.25, -0.2) is 8.42 Å². The number of aromatic nitrogens is 2. The van der Waals surface area contributed by atoms with Gasteiger partial charge in [0.2, 0.25) is 0 Å². The summed E-state index contributed by atoms with van der Waals surface area (Å²) in [6, 6.07) is 1.57. The SMILES string of the molecule is CC1CCC(C)N(S(=O)(=O)c2ccn[nH]2)C1. The minimum atomic E-state index is -3.39. The molecule has 0 aliphatic carbocycles. The van der Waals surface area contributed by atoms with Crippen molar-refractivity contribution in [3.8, 4) is 0 Å². The first-order valence-corrected chi connectivity index (χ1v) is 6.97. The Balaban J connectivity index is 2.29. The van der Waals surface area contributed by atoms with Crippen LogP contribution in [0.15, 0.2) is 17.3 Å². The fourth-order valence-corrected chi connectivity index (χ4v) is 3.78. The predicted molar refractivity (Wildman–Crippen MR) is 60.3 cm³/mol. The average molecular weight is 243 g/mol. The van der Waals surface area contributed by atoms with Gasteiger partial charge < -0.3 is 0 Å². The van der Waals surface area contributed by atoms with Crippen molar-refractivity contribution in [2.45, 2.75) is 37.8 Å². The summed E-state index contributed by atoms with van der Waals surface area (Å²) in [6.45, 7) is 4.64. The van der Waals surface area contributed by atoms with E-state index in [1.54, 1.807) is 4.31 Å².